The Bertz CT molecular complexity index is 349. The van der Waals surface area contributed by atoms with E-state index in [1.807, 2.05) is 0 Å². The molecule has 0 aromatic carbocycles. The van der Waals surface area contributed by atoms with E-state index in [2.05, 4.69) is 9.52 Å². The largest absolute Gasteiger partial charge is 0.446 e. The highest BCUT2D eigenvalue weighted by atomic mass is 16.4. The lowest BCUT2D eigenvalue weighted by molar-refractivity contribution is 0.214. The van der Waals surface area contributed by atoms with Crippen molar-refractivity contribution in [3.05, 3.63) is 16.4 Å². The average Bonchev–Trinajstić information content (AvgIpc) is 2.28. The van der Waals surface area contributed by atoms with Crippen LogP contribution in [0.25, 0.3) is 0 Å². The van der Waals surface area contributed by atoms with Crippen molar-refractivity contribution < 1.29 is 9.21 Å². The quantitative estimate of drug-likeness (QED) is 0.536. The van der Waals surface area contributed by atoms with Crippen molar-refractivity contribution in [1.82, 2.24) is 14.7 Å². The molecular weight excluding hydrogens is 162 g/mol. The molecule has 0 radical (unpaired) electrons. The predicted octanol–water partition coefficient (Wildman–Crippen LogP) is -0.326. The van der Waals surface area contributed by atoms with Crippen LogP contribution in [0.1, 0.15) is 5.89 Å². The maximum Gasteiger partial charge on any atom is 0.446 e. The minimum Gasteiger partial charge on any atom is -0.392 e. The summed E-state index contributed by atoms with van der Waals surface area (Å²) in [6.07, 6.45) is 0. The fourth-order valence-corrected chi connectivity index (χ4v) is 0.682. The number of aromatic nitrogens is 2. The van der Waals surface area contributed by atoms with Crippen LogP contribution in [0.15, 0.2) is 9.21 Å². The molecule has 0 unspecified atom stereocenters. The van der Waals surface area contributed by atoms with Crippen LogP contribution >= 0.6 is 0 Å². The first-order chi connectivity index (χ1) is 5.52. The second kappa shape index (κ2) is 2.80. The van der Waals surface area contributed by atoms with Gasteiger partial charge in [0, 0.05) is 21.0 Å². The zero-order valence-corrected chi connectivity index (χ0v) is 7.07. The number of nitrogens with zero attached hydrogens (tertiary/aromatic N) is 3. The number of hydrogen-bond acceptors (Lipinski definition) is 4. The molecule has 0 spiro atoms. The molecule has 0 aliphatic heterocycles. The summed E-state index contributed by atoms with van der Waals surface area (Å²) in [7, 11) is 3.05. The third-order valence-corrected chi connectivity index (χ3v) is 1.21. The zero-order valence-electron chi connectivity index (χ0n) is 7.07. The van der Waals surface area contributed by atoms with E-state index in [1.54, 1.807) is 0 Å². The van der Waals surface area contributed by atoms with Gasteiger partial charge in [0.25, 0.3) is 0 Å². The van der Waals surface area contributed by atoms with Gasteiger partial charge in [0.1, 0.15) is 0 Å². The van der Waals surface area contributed by atoms with Crippen molar-refractivity contribution in [1.29, 1.82) is 0 Å². The van der Waals surface area contributed by atoms with Gasteiger partial charge in [-0.25, -0.2) is 9.59 Å². The molecular formula is C6H9N3O3. The smallest absolute Gasteiger partial charge is 0.392 e. The molecule has 0 aliphatic rings. The standard InChI is InChI=1S/C6H9N3O3/c1-4-7-9(6(11)12-4)5(10)8(2)3/h1-3H3. The molecule has 6 heteroatoms. The molecule has 0 atom stereocenters. The lowest BCUT2D eigenvalue weighted by Crippen LogP contribution is -2.34. The molecule has 0 aliphatic carbocycles. The Morgan fingerprint density at radius 1 is 1.58 bits per heavy atom. The summed E-state index contributed by atoms with van der Waals surface area (Å²) in [5.74, 6) is -0.582. The Hall–Kier alpha value is -1.59. The molecule has 6 nitrogen and oxygen atoms in total. The summed E-state index contributed by atoms with van der Waals surface area (Å²) in [6.45, 7) is 1.50. The van der Waals surface area contributed by atoms with E-state index in [9.17, 15) is 9.59 Å². The first-order valence-corrected chi connectivity index (χ1v) is 3.31. The Morgan fingerprint density at radius 2 is 2.17 bits per heavy atom. The molecule has 0 saturated heterocycles. The first kappa shape index (κ1) is 8.51. The van der Waals surface area contributed by atoms with Crippen molar-refractivity contribution in [3.8, 4) is 0 Å². The summed E-state index contributed by atoms with van der Waals surface area (Å²) in [4.78, 5) is 23.3. The Kier molecular flexibility index (Phi) is 1.99. The maximum absolute atomic E-state index is 11.1. The van der Waals surface area contributed by atoms with Crippen molar-refractivity contribution in [2.24, 2.45) is 0 Å². The third kappa shape index (κ3) is 1.36. The number of aryl methyl sites for hydroxylation is 1. The van der Waals surface area contributed by atoms with Crippen LogP contribution in [-0.4, -0.2) is 34.8 Å². The van der Waals surface area contributed by atoms with Gasteiger partial charge in [-0.15, -0.1) is 9.78 Å². The van der Waals surface area contributed by atoms with Crippen LogP contribution in [0, 0.1) is 6.92 Å². The van der Waals surface area contributed by atoms with Gasteiger partial charge in [0.15, 0.2) is 0 Å². The molecule has 1 aromatic heterocycles. The van der Waals surface area contributed by atoms with Gasteiger partial charge in [-0.1, -0.05) is 0 Å². The highest BCUT2D eigenvalue weighted by Gasteiger charge is 2.13. The minimum atomic E-state index is -0.758. The van der Waals surface area contributed by atoms with E-state index in [4.69, 9.17) is 0 Å². The Labute approximate surface area is 68.4 Å². The van der Waals surface area contributed by atoms with E-state index >= 15 is 0 Å². The molecule has 0 fully saturated rings. The van der Waals surface area contributed by atoms with E-state index in [-0.39, 0.29) is 5.89 Å². The number of carbonyl (C=O) groups is 1. The summed E-state index contributed by atoms with van der Waals surface area (Å²) in [6, 6.07) is -0.517. The SMILES string of the molecule is Cc1nn(C(=O)N(C)C)c(=O)o1. The predicted molar refractivity (Wildman–Crippen MR) is 40.0 cm³/mol. The molecule has 0 bridgehead atoms. The number of hydrogen-bond donors (Lipinski definition) is 0. The van der Waals surface area contributed by atoms with Gasteiger partial charge >= 0.3 is 11.8 Å². The van der Waals surface area contributed by atoms with E-state index in [1.165, 1.54) is 25.9 Å². The van der Waals surface area contributed by atoms with Crippen molar-refractivity contribution >= 4 is 6.03 Å². The van der Waals surface area contributed by atoms with E-state index in [0.717, 1.165) is 0 Å². The monoisotopic (exact) mass is 171 g/mol. The van der Waals surface area contributed by atoms with Crippen molar-refractivity contribution in [2.45, 2.75) is 6.92 Å². The maximum atomic E-state index is 11.1. The second-order valence-corrected chi connectivity index (χ2v) is 2.48. The van der Waals surface area contributed by atoms with Crippen LogP contribution in [0.2, 0.25) is 0 Å². The average molecular weight is 171 g/mol. The third-order valence-electron chi connectivity index (χ3n) is 1.21. The highest BCUT2D eigenvalue weighted by Crippen LogP contribution is 1.88. The van der Waals surface area contributed by atoms with Gasteiger partial charge in [-0.05, 0) is 0 Å². The molecule has 0 saturated carbocycles. The molecule has 1 heterocycles. The van der Waals surface area contributed by atoms with Gasteiger partial charge in [0.05, 0.1) is 0 Å². The van der Waals surface area contributed by atoms with E-state index in [0.29, 0.717) is 4.68 Å². The zero-order chi connectivity index (χ0) is 9.30. The topological polar surface area (TPSA) is 68.3 Å². The van der Waals surface area contributed by atoms with Crippen LogP contribution < -0.4 is 5.76 Å². The molecule has 0 N–H and O–H groups in total. The van der Waals surface area contributed by atoms with Crippen molar-refractivity contribution in [3.63, 3.8) is 0 Å². The van der Waals surface area contributed by atoms with E-state index < -0.39 is 11.8 Å². The molecule has 66 valence electrons. The Morgan fingerprint density at radius 3 is 2.50 bits per heavy atom. The lowest BCUT2D eigenvalue weighted by Gasteiger charge is -2.06. The van der Waals surface area contributed by atoms with Gasteiger partial charge in [-0.2, -0.15) is 0 Å². The fraction of sp³-hybridized carbons (Fsp3) is 0.500. The molecule has 1 amide bonds. The summed E-state index contributed by atoms with van der Waals surface area (Å²) in [5.41, 5.74) is 0. The minimum absolute atomic E-state index is 0.176. The highest BCUT2D eigenvalue weighted by molar-refractivity contribution is 5.74. The summed E-state index contributed by atoms with van der Waals surface area (Å²) < 4.78 is 5.21. The van der Waals surface area contributed by atoms with Gasteiger partial charge < -0.3 is 9.32 Å². The Balaban J connectivity index is 3.11. The second-order valence-electron chi connectivity index (χ2n) is 2.48. The van der Waals surface area contributed by atoms with Crippen molar-refractivity contribution in [2.75, 3.05) is 14.1 Å². The summed E-state index contributed by atoms with van der Waals surface area (Å²) >= 11 is 0. The molecule has 1 rings (SSSR count). The van der Waals surface area contributed by atoms with Gasteiger partial charge in [0.2, 0.25) is 5.89 Å². The first-order valence-electron chi connectivity index (χ1n) is 3.31. The lowest BCUT2D eigenvalue weighted by atomic mass is 10.8. The number of carbonyl (C=O) groups excluding carboxylic acids is 1. The molecule has 1 aromatic rings. The van der Waals surface area contributed by atoms with Gasteiger partial charge in [-0.3, -0.25) is 0 Å². The number of rotatable bonds is 0. The van der Waals surface area contributed by atoms with Crippen LogP contribution in [0.4, 0.5) is 4.79 Å². The van der Waals surface area contributed by atoms with Crippen LogP contribution in [0.3, 0.4) is 0 Å². The van der Waals surface area contributed by atoms with Crippen LogP contribution in [0.5, 0.6) is 0 Å². The fourth-order valence-electron chi connectivity index (χ4n) is 0.682. The number of amides is 1. The molecule has 12 heavy (non-hydrogen) atoms. The van der Waals surface area contributed by atoms with Crippen LogP contribution in [-0.2, 0) is 0 Å². The summed E-state index contributed by atoms with van der Waals surface area (Å²) in [5, 5.41) is 3.58. The normalized spacial score (nSPS) is 9.92.